The van der Waals surface area contributed by atoms with Crippen molar-refractivity contribution < 1.29 is 13.2 Å². The molecule has 106 valence electrons. The lowest BCUT2D eigenvalue weighted by Crippen LogP contribution is -2.40. The summed E-state index contributed by atoms with van der Waals surface area (Å²) >= 11 is 0. The van der Waals surface area contributed by atoms with Gasteiger partial charge in [-0.15, -0.1) is 0 Å². The summed E-state index contributed by atoms with van der Waals surface area (Å²) in [6.45, 7) is 1.61. The molecule has 1 aliphatic heterocycles. The van der Waals surface area contributed by atoms with Crippen molar-refractivity contribution in [2.45, 2.75) is 4.90 Å². The summed E-state index contributed by atoms with van der Waals surface area (Å²) in [4.78, 5) is 4.41. The van der Waals surface area contributed by atoms with Crippen molar-refractivity contribution in [2.75, 3.05) is 32.0 Å². The van der Waals surface area contributed by atoms with Gasteiger partial charge in [-0.1, -0.05) is 0 Å². The zero-order chi connectivity index (χ0) is 14.2. The molecule has 20 heavy (non-hydrogen) atoms. The van der Waals surface area contributed by atoms with E-state index in [-0.39, 0.29) is 4.90 Å². The molecule has 0 bridgehead atoms. The normalized spacial score (nSPS) is 17.4. The SMILES string of the molecule is Nc1ccnc2ccc(S(=O)(=O)N3CCOCC3)cc12. The van der Waals surface area contributed by atoms with Crippen molar-refractivity contribution in [2.24, 2.45) is 0 Å². The Morgan fingerprint density at radius 2 is 1.95 bits per heavy atom. The molecule has 1 aliphatic rings. The Bertz CT molecular complexity index is 740. The van der Waals surface area contributed by atoms with Gasteiger partial charge >= 0.3 is 0 Å². The van der Waals surface area contributed by atoms with Crippen LogP contribution >= 0.6 is 0 Å². The van der Waals surface area contributed by atoms with Gasteiger partial charge in [0, 0.05) is 30.4 Å². The van der Waals surface area contributed by atoms with Gasteiger partial charge in [-0.25, -0.2) is 8.42 Å². The summed E-state index contributed by atoms with van der Waals surface area (Å²) in [6.07, 6.45) is 1.60. The molecular formula is C13H15N3O3S. The molecule has 1 fully saturated rings. The zero-order valence-electron chi connectivity index (χ0n) is 10.8. The predicted octanol–water partition coefficient (Wildman–Crippen LogP) is 0.838. The third-order valence-corrected chi connectivity index (χ3v) is 5.25. The molecule has 1 aromatic carbocycles. The molecular weight excluding hydrogens is 278 g/mol. The Labute approximate surface area is 117 Å². The molecule has 0 spiro atoms. The van der Waals surface area contributed by atoms with Gasteiger partial charge in [-0.2, -0.15) is 4.31 Å². The third kappa shape index (κ3) is 2.24. The lowest BCUT2D eigenvalue weighted by molar-refractivity contribution is 0.0730. The Balaban J connectivity index is 2.07. The third-order valence-electron chi connectivity index (χ3n) is 3.35. The molecule has 1 saturated heterocycles. The van der Waals surface area contributed by atoms with Crippen molar-refractivity contribution in [3.63, 3.8) is 0 Å². The molecule has 2 heterocycles. The summed E-state index contributed by atoms with van der Waals surface area (Å²) in [6, 6.07) is 6.49. The van der Waals surface area contributed by atoms with E-state index < -0.39 is 10.0 Å². The highest BCUT2D eigenvalue weighted by molar-refractivity contribution is 7.89. The van der Waals surface area contributed by atoms with Crippen LogP contribution in [0.1, 0.15) is 0 Å². The Morgan fingerprint density at radius 3 is 2.70 bits per heavy atom. The maximum Gasteiger partial charge on any atom is 0.243 e. The lowest BCUT2D eigenvalue weighted by Gasteiger charge is -2.26. The molecule has 2 N–H and O–H groups in total. The van der Waals surface area contributed by atoms with Crippen molar-refractivity contribution in [3.8, 4) is 0 Å². The van der Waals surface area contributed by atoms with E-state index in [0.717, 1.165) is 0 Å². The van der Waals surface area contributed by atoms with Crippen molar-refractivity contribution >= 4 is 26.6 Å². The van der Waals surface area contributed by atoms with E-state index in [1.54, 1.807) is 30.5 Å². The number of rotatable bonds is 2. The van der Waals surface area contributed by atoms with E-state index >= 15 is 0 Å². The van der Waals surface area contributed by atoms with E-state index in [4.69, 9.17) is 10.5 Å². The number of pyridine rings is 1. The average molecular weight is 293 g/mol. The maximum absolute atomic E-state index is 12.6. The Morgan fingerprint density at radius 1 is 1.20 bits per heavy atom. The fourth-order valence-electron chi connectivity index (χ4n) is 2.24. The molecule has 0 aliphatic carbocycles. The van der Waals surface area contributed by atoms with Crippen LogP contribution in [-0.2, 0) is 14.8 Å². The van der Waals surface area contributed by atoms with Crippen molar-refractivity contribution in [1.82, 2.24) is 9.29 Å². The topological polar surface area (TPSA) is 85.5 Å². The molecule has 0 unspecified atom stereocenters. The van der Waals surface area contributed by atoms with Crippen LogP contribution in [0.4, 0.5) is 5.69 Å². The van der Waals surface area contributed by atoms with E-state index in [2.05, 4.69) is 4.98 Å². The van der Waals surface area contributed by atoms with Crippen LogP contribution in [0.5, 0.6) is 0 Å². The average Bonchev–Trinajstić information content (AvgIpc) is 2.48. The molecule has 0 amide bonds. The van der Waals surface area contributed by atoms with Crippen LogP contribution in [0.3, 0.4) is 0 Å². The second-order valence-electron chi connectivity index (χ2n) is 4.60. The first-order valence-electron chi connectivity index (χ1n) is 6.31. The Kier molecular flexibility index (Phi) is 3.33. The Hall–Kier alpha value is -1.70. The van der Waals surface area contributed by atoms with Crippen LogP contribution in [0.25, 0.3) is 10.9 Å². The highest BCUT2D eigenvalue weighted by Gasteiger charge is 2.26. The summed E-state index contributed by atoms with van der Waals surface area (Å²) in [5.74, 6) is 0. The number of nitrogens with zero attached hydrogens (tertiary/aromatic N) is 2. The minimum atomic E-state index is -3.50. The van der Waals surface area contributed by atoms with E-state index in [1.165, 1.54) is 4.31 Å². The number of benzene rings is 1. The van der Waals surface area contributed by atoms with Gasteiger partial charge in [0.1, 0.15) is 0 Å². The first-order valence-corrected chi connectivity index (χ1v) is 7.75. The zero-order valence-corrected chi connectivity index (χ0v) is 11.6. The van der Waals surface area contributed by atoms with Crippen molar-refractivity contribution in [1.29, 1.82) is 0 Å². The van der Waals surface area contributed by atoms with Gasteiger partial charge in [0.15, 0.2) is 0 Å². The van der Waals surface area contributed by atoms with Gasteiger partial charge in [0.2, 0.25) is 10.0 Å². The van der Waals surface area contributed by atoms with Gasteiger partial charge in [-0.3, -0.25) is 4.98 Å². The summed E-state index contributed by atoms with van der Waals surface area (Å²) in [7, 11) is -3.50. The fraction of sp³-hybridized carbons (Fsp3) is 0.308. The van der Waals surface area contributed by atoms with Crippen LogP contribution < -0.4 is 5.73 Å². The van der Waals surface area contributed by atoms with Crippen LogP contribution in [0.15, 0.2) is 35.4 Å². The summed E-state index contributed by atoms with van der Waals surface area (Å²) < 4.78 is 31.7. The molecule has 2 aromatic rings. The van der Waals surface area contributed by atoms with Crippen LogP contribution in [0, 0.1) is 0 Å². The molecule has 0 saturated carbocycles. The van der Waals surface area contributed by atoms with Crippen molar-refractivity contribution in [3.05, 3.63) is 30.5 Å². The summed E-state index contributed by atoms with van der Waals surface area (Å²) in [5.41, 5.74) is 7.09. The van der Waals surface area contributed by atoms with Gasteiger partial charge in [-0.05, 0) is 24.3 Å². The number of fused-ring (bicyclic) bond motifs is 1. The molecule has 1 aromatic heterocycles. The molecule has 3 rings (SSSR count). The maximum atomic E-state index is 12.6. The number of hydrogen-bond donors (Lipinski definition) is 1. The number of hydrogen-bond acceptors (Lipinski definition) is 5. The second kappa shape index (κ2) is 5.01. The first-order chi connectivity index (χ1) is 9.59. The number of ether oxygens (including phenoxy) is 1. The highest BCUT2D eigenvalue weighted by Crippen LogP contribution is 2.24. The largest absolute Gasteiger partial charge is 0.398 e. The van der Waals surface area contributed by atoms with Gasteiger partial charge < -0.3 is 10.5 Å². The molecule has 7 heteroatoms. The van der Waals surface area contributed by atoms with E-state index in [0.29, 0.717) is 42.9 Å². The van der Waals surface area contributed by atoms with Gasteiger partial charge in [0.05, 0.1) is 23.6 Å². The predicted molar refractivity (Wildman–Crippen MR) is 75.7 cm³/mol. The highest BCUT2D eigenvalue weighted by atomic mass is 32.2. The number of nitrogens with two attached hydrogens (primary N) is 1. The first kappa shape index (κ1) is 13.3. The standard InChI is InChI=1S/C13H15N3O3S/c14-12-3-4-15-13-2-1-10(9-11(12)13)20(17,18)16-5-7-19-8-6-16/h1-4,9H,5-8H2,(H2,14,15). The minimum Gasteiger partial charge on any atom is -0.398 e. The fourth-order valence-corrected chi connectivity index (χ4v) is 3.68. The lowest BCUT2D eigenvalue weighted by atomic mass is 10.2. The minimum absolute atomic E-state index is 0.242. The number of aromatic nitrogens is 1. The van der Waals surface area contributed by atoms with Gasteiger partial charge in [0.25, 0.3) is 0 Å². The number of morpholine rings is 1. The van der Waals surface area contributed by atoms with Crippen LogP contribution in [-0.4, -0.2) is 44.0 Å². The second-order valence-corrected chi connectivity index (χ2v) is 6.53. The van der Waals surface area contributed by atoms with Crippen LogP contribution in [0.2, 0.25) is 0 Å². The number of anilines is 1. The molecule has 0 radical (unpaired) electrons. The van der Waals surface area contributed by atoms with E-state index in [9.17, 15) is 8.42 Å². The number of sulfonamides is 1. The molecule has 0 atom stereocenters. The monoisotopic (exact) mass is 293 g/mol. The molecule has 6 nitrogen and oxygen atoms in total. The smallest absolute Gasteiger partial charge is 0.243 e. The quantitative estimate of drug-likeness (QED) is 0.886. The summed E-state index contributed by atoms with van der Waals surface area (Å²) in [5, 5.41) is 0.654. The number of nitrogen functional groups attached to an aromatic ring is 1. The van der Waals surface area contributed by atoms with E-state index in [1.807, 2.05) is 0 Å².